The molecular weight excluding hydrogens is 314 g/mol. The van der Waals surface area contributed by atoms with Gasteiger partial charge < -0.3 is 14.7 Å². The number of aliphatic hydroxyl groups is 1. The highest BCUT2D eigenvalue weighted by Crippen LogP contribution is 2.22. The Bertz CT molecular complexity index is 650. The van der Waals surface area contributed by atoms with Crippen molar-refractivity contribution in [2.24, 2.45) is 0 Å². The van der Waals surface area contributed by atoms with Crippen LogP contribution in [0.15, 0.2) is 48.7 Å². The molecule has 0 saturated carbocycles. The van der Waals surface area contributed by atoms with Gasteiger partial charge in [-0.1, -0.05) is 18.2 Å². The first kappa shape index (κ1) is 17.7. The van der Waals surface area contributed by atoms with Crippen LogP contribution in [0.3, 0.4) is 0 Å². The minimum Gasteiger partial charge on any atom is -0.491 e. The van der Waals surface area contributed by atoms with Crippen LogP contribution < -0.4 is 9.64 Å². The number of ether oxygens (including phenoxy) is 1. The topological polar surface area (TPSA) is 48.8 Å². The largest absolute Gasteiger partial charge is 0.491 e. The minimum atomic E-state index is 0.0373. The van der Waals surface area contributed by atoms with Crippen molar-refractivity contribution in [1.29, 1.82) is 0 Å². The van der Waals surface area contributed by atoms with Crippen LogP contribution in [0.1, 0.15) is 18.4 Å². The number of hydrogen-bond donors (Lipinski definition) is 1. The highest BCUT2D eigenvalue weighted by atomic mass is 16.5. The maximum absolute atomic E-state index is 8.89. The highest BCUT2D eigenvalue weighted by Gasteiger charge is 2.24. The first-order valence-corrected chi connectivity index (χ1v) is 8.95. The monoisotopic (exact) mass is 341 g/mol. The molecule has 1 aliphatic rings. The van der Waals surface area contributed by atoms with Crippen LogP contribution in [0.2, 0.25) is 0 Å². The smallest absolute Gasteiger partial charge is 0.128 e. The molecule has 0 spiro atoms. The Balaban J connectivity index is 1.60. The van der Waals surface area contributed by atoms with E-state index in [2.05, 4.69) is 40.0 Å². The zero-order chi connectivity index (χ0) is 17.5. The van der Waals surface area contributed by atoms with Crippen molar-refractivity contribution in [2.45, 2.75) is 25.4 Å². The molecule has 1 N–H and O–H groups in total. The second kappa shape index (κ2) is 8.83. The quantitative estimate of drug-likeness (QED) is 0.839. The average molecular weight is 341 g/mol. The Morgan fingerprint density at radius 1 is 1.28 bits per heavy atom. The van der Waals surface area contributed by atoms with Crippen LogP contribution in [-0.2, 0) is 6.54 Å². The molecule has 134 valence electrons. The fourth-order valence-electron chi connectivity index (χ4n) is 3.38. The van der Waals surface area contributed by atoms with Gasteiger partial charge >= 0.3 is 0 Å². The maximum atomic E-state index is 8.89. The van der Waals surface area contributed by atoms with Crippen molar-refractivity contribution in [3.8, 4) is 5.75 Å². The van der Waals surface area contributed by atoms with E-state index in [9.17, 15) is 0 Å². The number of pyridine rings is 1. The Morgan fingerprint density at radius 3 is 3.00 bits per heavy atom. The van der Waals surface area contributed by atoms with Gasteiger partial charge in [-0.3, -0.25) is 4.90 Å². The second-order valence-corrected chi connectivity index (χ2v) is 6.56. The lowest BCUT2D eigenvalue weighted by atomic mass is 10.0. The van der Waals surface area contributed by atoms with Crippen molar-refractivity contribution in [3.05, 3.63) is 54.2 Å². The zero-order valence-electron chi connectivity index (χ0n) is 14.8. The summed E-state index contributed by atoms with van der Waals surface area (Å²) in [6.45, 7) is 3.34. The third kappa shape index (κ3) is 4.94. The molecule has 1 saturated heterocycles. The van der Waals surface area contributed by atoms with Crippen LogP contribution in [0.4, 0.5) is 5.82 Å². The maximum Gasteiger partial charge on any atom is 0.128 e. The lowest BCUT2D eigenvalue weighted by Gasteiger charge is -2.38. The van der Waals surface area contributed by atoms with Gasteiger partial charge in [0, 0.05) is 31.9 Å². The van der Waals surface area contributed by atoms with Crippen molar-refractivity contribution < 1.29 is 9.84 Å². The van der Waals surface area contributed by atoms with Gasteiger partial charge in [-0.2, -0.15) is 0 Å². The van der Waals surface area contributed by atoms with Crippen LogP contribution in [0.5, 0.6) is 5.75 Å². The van der Waals surface area contributed by atoms with Crippen molar-refractivity contribution in [3.63, 3.8) is 0 Å². The minimum absolute atomic E-state index is 0.0373. The number of rotatable bonds is 7. The van der Waals surface area contributed by atoms with Gasteiger partial charge in [0.25, 0.3) is 0 Å². The SMILES string of the molecule is CN(Cc1cccc(OCCO)c1)C1CCCN(c2ccccn2)C1. The van der Waals surface area contributed by atoms with Crippen LogP contribution in [-0.4, -0.2) is 54.4 Å². The number of benzene rings is 1. The number of piperidine rings is 1. The molecule has 0 aliphatic carbocycles. The van der Waals surface area contributed by atoms with Gasteiger partial charge in [-0.05, 0) is 49.7 Å². The van der Waals surface area contributed by atoms with Gasteiger partial charge in [0.2, 0.25) is 0 Å². The predicted octanol–water partition coefficient (Wildman–Crippen LogP) is 2.55. The molecule has 3 rings (SSSR count). The van der Waals surface area contributed by atoms with E-state index in [4.69, 9.17) is 9.84 Å². The van der Waals surface area contributed by atoms with Gasteiger partial charge in [0.05, 0.1) is 6.61 Å². The summed E-state index contributed by atoms with van der Waals surface area (Å²) in [6.07, 6.45) is 4.26. The molecule has 0 bridgehead atoms. The molecular formula is C20H27N3O2. The first-order valence-electron chi connectivity index (χ1n) is 8.95. The molecule has 1 aromatic heterocycles. The molecule has 1 fully saturated rings. The zero-order valence-corrected chi connectivity index (χ0v) is 14.8. The molecule has 1 unspecified atom stereocenters. The summed E-state index contributed by atoms with van der Waals surface area (Å²) >= 11 is 0. The van der Waals surface area contributed by atoms with Crippen LogP contribution >= 0.6 is 0 Å². The third-order valence-electron chi connectivity index (χ3n) is 4.68. The molecule has 1 atom stereocenters. The summed E-state index contributed by atoms with van der Waals surface area (Å²) in [4.78, 5) is 9.29. The van der Waals surface area contributed by atoms with Gasteiger partial charge in [0.15, 0.2) is 0 Å². The Morgan fingerprint density at radius 2 is 2.20 bits per heavy atom. The Kier molecular flexibility index (Phi) is 6.25. The molecule has 5 heteroatoms. The predicted molar refractivity (Wildman–Crippen MR) is 100.0 cm³/mol. The van der Waals surface area contributed by atoms with Crippen molar-refractivity contribution >= 4 is 5.82 Å². The average Bonchev–Trinajstić information content (AvgIpc) is 2.67. The Hall–Kier alpha value is -2.11. The lowest BCUT2D eigenvalue weighted by molar-refractivity contribution is 0.199. The van der Waals surface area contributed by atoms with Crippen LogP contribution in [0, 0.1) is 0 Å². The lowest BCUT2D eigenvalue weighted by Crippen LogP contribution is -2.46. The number of anilines is 1. The molecule has 0 radical (unpaired) electrons. The molecule has 2 heterocycles. The van der Waals surface area contributed by atoms with Crippen molar-refractivity contribution in [2.75, 3.05) is 38.3 Å². The summed E-state index contributed by atoms with van der Waals surface area (Å²) < 4.78 is 5.51. The van der Waals surface area contributed by atoms with E-state index in [0.717, 1.165) is 31.2 Å². The van der Waals surface area contributed by atoms with E-state index in [-0.39, 0.29) is 6.61 Å². The highest BCUT2D eigenvalue weighted by molar-refractivity contribution is 5.38. The van der Waals surface area contributed by atoms with Crippen LogP contribution in [0.25, 0.3) is 0 Å². The van der Waals surface area contributed by atoms with E-state index in [0.29, 0.717) is 12.6 Å². The number of nitrogens with zero attached hydrogens (tertiary/aromatic N) is 3. The normalized spacial score (nSPS) is 17.7. The standard InChI is InChI=1S/C20H27N3O2/c1-22(15-17-6-4-8-19(14-17)25-13-12-24)18-7-5-11-23(16-18)20-9-2-3-10-21-20/h2-4,6,8-10,14,18,24H,5,7,11-13,15-16H2,1H3. The summed E-state index contributed by atoms with van der Waals surface area (Å²) in [5.74, 6) is 1.89. The summed E-state index contributed by atoms with van der Waals surface area (Å²) in [6, 6.07) is 14.7. The number of likely N-dealkylation sites (N-methyl/N-ethyl adjacent to an activating group) is 1. The fourth-order valence-corrected chi connectivity index (χ4v) is 3.38. The van der Waals surface area contributed by atoms with Gasteiger partial charge in [-0.15, -0.1) is 0 Å². The van der Waals surface area contributed by atoms with Gasteiger partial charge in [0.1, 0.15) is 18.2 Å². The Labute approximate surface area is 149 Å². The summed E-state index contributed by atoms with van der Waals surface area (Å²) in [5.41, 5.74) is 1.23. The number of aliphatic hydroxyl groups excluding tert-OH is 1. The molecule has 2 aromatic rings. The van der Waals surface area contributed by atoms with Crippen molar-refractivity contribution in [1.82, 2.24) is 9.88 Å². The molecule has 5 nitrogen and oxygen atoms in total. The molecule has 1 aromatic carbocycles. The molecule has 1 aliphatic heterocycles. The van der Waals surface area contributed by atoms with E-state index in [1.165, 1.54) is 18.4 Å². The third-order valence-corrected chi connectivity index (χ3v) is 4.68. The summed E-state index contributed by atoms with van der Waals surface area (Å²) in [5, 5.41) is 8.89. The molecule has 25 heavy (non-hydrogen) atoms. The van der Waals surface area contributed by atoms with E-state index in [1.54, 1.807) is 0 Å². The van der Waals surface area contributed by atoms with E-state index >= 15 is 0 Å². The first-order chi connectivity index (χ1) is 12.3. The van der Waals surface area contributed by atoms with E-state index < -0.39 is 0 Å². The van der Waals surface area contributed by atoms with Gasteiger partial charge in [-0.25, -0.2) is 4.98 Å². The molecule has 0 amide bonds. The fraction of sp³-hybridized carbons (Fsp3) is 0.450. The number of aromatic nitrogens is 1. The second-order valence-electron chi connectivity index (χ2n) is 6.56. The number of hydrogen-bond acceptors (Lipinski definition) is 5. The summed E-state index contributed by atoms with van der Waals surface area (Å²) in [7, 11) is 2.19. The van der Waals surface area contributed by atoms with E-state index in [1.807, 2.05) is 30.5 Å².